The van der Waals surface area contributed by atoms with Gasteiger partial charge in [-0.25, -0.2) is 4.98 Å². The predicted octanol–water partition coefficient (Wildman–Crippen LogP) is 3.39. The van der Waals surface area contributed by atoms with Gasteiger partial charge in [-0.15, -0.1) is 0 Å². The largest absolute Gasteiger partial charge is 0.356 e. The molecule has 25 heavy (non-hydrogen) atoms. The maximum Gasteiger partial charge on any atom is 0.227 e. The molecule has 0 aliphatic carbocycles. The highest BCUT2D eigenvalue weighted by Gasteiger charge is 2.36. The molecule has 1 fully saturated rings. The van der Waals surface area contributed by atoms with Gasteiger partial charge >= 0.3 is 0 Å². The lowest BCUT2D eigenvalue weighted by molar-refractivity contribution is -0.133. The Morgan fingerprint density at radius 1 is 1.48 bits per heavy atom. The molecule has 2 heterocycles. The third-order valence-corrected chi connectivity index (χ3v) is 5.37. The third kappa shape index (κ3) is 4.33. The fraction of sp³-hybridized carbons (Fsp3) is 0.579. The maximum absolute atomic E-state index is 12.6. The lowest BCUT2D eigenvalue weighted by Crippen LogP contribution is -2.50. The molecule has 3 rings (SSSR count). The zero-order chi connectivity index (χ0) is 17.9. The Bertz CT molecular complexity index is 744. The first-order chi connectivity index (χ1) is 12.0. The van der Waals surface area contributed by atoms with Crippen LogP contribution >= 0.6 is 11.6 Å². The second-order valence-electron chi connectivity index (χ2n) is 7.24. The van der Waals surface area contributed by atoms with Crippen LogP contribution in [0.15, 0.2) is 18.2 Å². The number of halogens is 1. The van der Waals surface area contributed by atoms with Gasteiger partial charge in [-0.05, 0) is 57.5 Å². The van der Waals surface area contributed by atoms with E-state index >= 15 is 0 Å². The summed E-state index contributed by atoms with van der Waals surface area (Å²) in [4.78, 5) is 22.8. The number of hydrogen-bond donors (Lipinski definition) is 2. The van der Waals surface area contributed by atoms with Crippen molar-refractivity contribution in [3.63, 3.8) is 0 Å². The van der Waals surface area contributed by atoms with Crippen LogP contribution in [0.25, 0.3) is 11.0 Å². The summed E-state index contributed by atoms with van der Waals surface area (Å²) in [7, 11) is 0. The number of carbonyl (C=O) groups excluding carboxylic acids is 1. The van der Waals surface area contributed by atoms with Crippen LogP contribution in [0.2, 0.25) is 5.02 Å². The van der Waals surface area contributed by atoms with Crippen LogP contribution in [-0.4, -0.2) is 47.0 Å². The second kappa shape index (κ2) is 7.75. The number of fused-ring (bicyclic) bond motifs is 1. The molecule has 5 nitrogen and oxygen atoms in total. The van der Waals surface area contributed by atoms with Gasteiger partial charge in [0.1, 0.15) is 5.82 Å². The van der Waals surface area contributed by atoms with Crippen LogP contribution in [0.4, 0.5) is 0 Å². The molecule has 2 aromatic rings. The molecule has 0 unspecified atom stereocenters. The second-order valence-corrected chi connectivity index (χ2v) is 7.67. The quantitative estimate of drug-likeness (QED) is 0.774. The number of likely N-dealkylation sites (tertiary alicyclic amines) is 1. The molecular weight excluding hydrogens is 336 g/mol. The first kappa shape index (κ1) is 18.2. The van der Waals surface area contributed by atoms with Crippen molar-refractivity contribution in [1.29, 1.82) is 0 Å². The minimum absolute atomic E-state index is 0.182. The van der Waals surface area contributed by atoms with Gasteiger partial charge in [0.05, 0.1) is 16.4 Å². The van der Waals surface area contributed by atoms with E-state index in [4.69, 9.17) is 11.6 Å². The van der Waals surface area contributed by atoms with Crippen LogP contribution in [0.1, 0.15) is 38.9 Å². The van der Waals surface area contributed by atoms with E-state index in [1.54, 1.807) is 0 Å². The van der Waals surface area contributed by atoms with Crippen molar-refractivity contribution in [1.82, 2.24) is 20.2 Å². The molecular formula is C19H27ClN4O. The number of nitrogens with one attached hydrogen (secondary N) is 2. The van der Waals surface area contributed by atoms with Crippen molar-refractivity contribution in [2.24, 2.45) is 5.41 Å². The topological polar surface area (TPSA) is 61.0 Å². The zero-order valence-electron chi connectivity index (χ0n) is 15.1. The van der Waals surface area contributed by atoms with E-state index in [-0.39, 0.29) is 11.3 Å². The van der Waals surface area contributed by atoms with E-state index < -0.39 is 0 Å². The van der Waals surface area contributed by atoms with Crippen molar-refractivity contribution in [2.75, 3.05) is 26.2 Å². The number of rotatable bonds is 6. The Morgan fingerprint density at radius 3 is 3.12 bits per heavy atom. The number of hydrogen-bond acceptors (Lipinski definition) is 3. The summed E-state index contributed by atoms with van der Waals surface area (Å²) < 4.78 is 0. The average Bonchev–Trinajstić information content (AvgIpc) is 3.00. The first-order valence-electron chi connectivity index (χ1n) is 9.15. The molecule has 1 aromatic heterocycles. The van der Waals surface area contributed by atoms with Crippen LogP contribution in [0.3, 0.4) is 0 Å². The smallest absolute Gasteiger partial charge is 0.227 e. The minimum atomic E-state index is -0.260. The summed E-state index contributed by atoms with van der Waals surface area (Å²) in [5.74, 6) is 1.12. The molecule has 1 amide bonds. The van der Waals surface area contributed by atoms with Crippen molar-refractivity contribution >= 4 is 28.5 Å². The summed E-state index contributed by atoms with van der Waals surface area (Å²) in [5.41, 5.74) is 1.63. The molecule has 6 heteroatoms. The van der Waals surface area contributed by atoms with E-state index in [0.717, 1.165) is 62.2 Å². The molecule has 136 valence electrons. The number of aromatic amines is 1. The summed E-state index contributed by atoms with van der Waals surface area (Å²) >= 11 is 6.00. The van der Waals surface area contributed by atoms with Gasteiger partial charge in [0.25, 0.3) is 0 Å². The molecule has 0 radical (unpaired) electrons. The number of amides is 1. The Labute approximate surface area is 154 Å². The predicted molar refractivity (Wildman–Crippen MR) is 102 cm³/mol. The van der Waals surface area contributed by atoms with E-state index in [1.807, 2.05) is 18.2 Å². The first-order valence-corrected chi connectivity index (χ1v) is 9.53. The SMILES string of the molecule is CCN1CCC[C@](C)(C(=O)NCCCc2nc3ccc(Cl)cc3[nH]2)C1. The highest BCUT2D eigenvalue weighted by molar-refractivity contribution is 6.31. The zero-order valence-corrected chi connectivity index (χ0v) is 15.8. The van der Waals surface area contributed by atoms with E-state index in [1.165, 1.54) is 0 Å². The van der Waals surface area contributed by atoms with Gasteiger partial charge in [0, 0.05) is 24.5 Å². The van der Waals surface area contributed by atoms with Crippen LogP contribution in [-0.2, 0) is 11.2 Å². The number of imidazole rings is 1. The van der Waals surface area contributed by atoms with E-state index in [2.05, 4.69) is 34.0 Å². The maximum atomic E-state index is 12.6. The lowest BCUT2D eigenvalue weighted by atomic mass is 9.81. The van der Waals surface area contributed by atoms with Gasteiger partial charge in [-0.3, -0.25) is 4.79 Å². The highest BCUT2D eigenvalue weighted by atomic mass is 35.5. The number of aromatic nitrogens is 2. The molecule has 1 aromatic carbocycles. The lowest BCUT2D eigenvalue weighted by Gasteiger charge is -2.38. The summed E-state index contributed by atoms with van der Waals surface area (Å²) in [6.07, 6.45) is 3.75. The Hall–Kier alpha value is -1.59. The van der Waals surface area contributed by atoms with Crippen LogP contribution in [0.5, 0.6) is 0 Å². The summed E-state index contributed by atoms with van der Waals surface area (Å²) in [5, 5.41) is 3.83. The normalized spacial score (nSPS) is 21.6. The molecule has 0 bridgehead atoms. The third-order valence-electron chi connectivity index (χ3n) is 5.14. The number of aryl methyl sites for hydroxylation is 1. The van der Waals surface area contributed by atoms with Crippen molar-refractivity contribution in [3.8, 4) is 0 Å². The van der Waals surface area contributed by atoms with Crippen LogP contribution in [0, 0.1) is 5.41 Å². The molecule has 1 saturated heterocycles. The molecule has 1 aliphatic rings. The molecule has 0 spiro atoms. The monoisotopic (exact) mass is 362 g/mol. The minimum Gasteiger partial charge on any atom is -0.356 e. The Balaban J connectivity index is 1.48. The van der Waals surface area contributed by atoms with Crippen molar-refractivity contribution in [2.45, 2.75) is 39.5 Å². The number of H-pyrrole nitrogens is 1. The van der Waals surface area contributed by atoms with Gasteiger partial charge in [-0.2, -0.15) is 0 Å². The standard InChI is InChI=1S/C19H27ClN4O/c1-3-24-11-5-9-19(2,13-24)18(25)21-10-4-6-17-22-15-8-7-14(20)12-16(15)23-17/h7-8,12H,3-6,9-11,13H2,1-2H3,(H,21,25)(H,22,23)/t19-/m0/s1. The molecule has 2 N–H and O–H groups in total. The number of piperidine rings is 1. The van der Waals surface area contributed by atoms with Gasteiger partial charge in [0.2, 0.25) is 5.91 Å². The van der Waals surface area contributed by atoms with Crippen LogP contribution < -0.4 is 5.32 Å². The molecule has 1 aliphatic heterocycles. The van der Waals surface area contributed by atoms with Crippen molar-refractivity contribution < 1.29 is 4.79 Å². The molecule has 0 saturated carbocycles. The highest BCUT2D eigenvalue weighted by Crippen LogP contribution is 2.29. The number of benzene rings is 1. The van der Waals surface area contributed by atoms with Crippen molar-refractivity contribution in [3.05, 3.63) is 29.0 Å². The van der Waals surface area contributed by atoms with Gasteiger partial charge in [-0.1, -0.05) is 18.5 Å². The van der Waals surface area contributed by atoms with E-state index in [0.29, 0.717) is 11.6 Å². The number of nitrogens with zero attached hydrogens (tertiary/aromatic N) is 2. The molecule has 1 atom stereocenters. The van der Waals surface area contributed by atoms with E-state index in [9.17, 15) is 4.79 Å². The summed E-state index contributed by atoms with van der Waals surface area (Å²) in [6, 6.07) is 5.65. The fourth-order valence-corrected chi connectivity index (χ4v) is 3.80. The van der Waals surface area contributed by atoms with Gasteiger partial charge < -0.3 is 15.2 Å². The Morgan fingerprint density at radius 2 is 2.32 bits per heavy atom. The summed E-state index contributed by atoms with van der Waals surface area (Å²) in [6.45, 7) is 7.91. The average molecular weight is 363 g/mol. The fourth-order valence-electron chi connectivity index (χ4n) is 3.62. The number of carbonyl (C=O) groups is 1. The van der Waals surface area contributed by atoms with Gasteiger partial charge in [0.15, 0.2) is 0 Å². The Kier molecular flexibility index (Phi) is 5.64.